The number of ketones is 1. The number of benzene rings is 1. The summed E-state index contributed by atoms with van der Waals surface area (Å²) in [4.78, 5) is 13.0. The lowest BCUT2D eigenvalue weighted by Gasteiger charge is -2.30. The Bertz CT molecular complexity index is 552. The van der Waals surface area contributed by atoms with E-state index in [0.29, 0.717) is 12.1 Å². The molecule has 2 rings (SSSR count). The van der Waals surface area contributed by atoms with E-state index in [0.717, 1.165) is 25.8 Å². The molecule has 1 aromatic carbocycles. The topological polar surface area (TPSA) is 55.1 Å². The Hall–Kier alpha value is -1.13. The van der Waals surface area contributed by atoms with Crippen LogP contribution >= 0.6 is 11.6 Å². The Labute approximate surface area is 136 Å². The highest BCUT2D eigenvalue weighted by Crippen LogP contribution is 2.39. The third kappa shape index (κ3) is 3.61. The van der Waals surface area contributed by atoms with Crippen LogP contribution in [0.4, 0.5) is 10.1 Å². The summed E-state index contributed by atoms with van der Waals surface area (Å²) in [5, 5.41) is 3.37. The predicted octanol–water partition coefficient (Wildman–Crippen LogP) is 4.05. The first-order valence-electron chi connectivity index (χ1n) is 7.65. The quantitative estimate of drug-likeness (QED) is 0.648. The molecule has 1 saturated heterocycles. The van der Waals surface area contributed by atoms with Crippen LogP contribution in [-0.4, -0.2) is 18.9 Å². The van der Waals surface area contributed by atoms with Gasteiger partial charge in [0.25, 0.3) is 0 Å². The van der Waals surface area contributed by atoms with Crippen LogP contribution in [0.25, 0.3) is 0 Å². The van der Waals surface area contributed by atoms with Gasteiger partial charge in [-0.15, -0.1) is 0 Å². The van der Waals surface area contributed by atoms with E-state index in [9.17, 15) is 9.18 Å². The summed E-state index contributed by atoms with van der Waals surface area (Å²) < 4.78 is 13.8. The zero-order chi connectivity index (χ0) is 16.5. The summed E-state index contributed by atoms with van der Waals surface area (Å²) in [6.07, 6.45) is 2.49. The van der Waals surface area contributed by atoms with Crippen molar-refractivity contribution in [1.29, 1.82) is 0 Å². The lowest BCUT2D eigenvalue weighted by molar-refractivity contribution is 0.0783. The van der Waals surface area contributed by atoms with Gasteiger partial charge in [-0.25, -0.2) is 4.39 Å². The highest BCUT2D eigenvalue weighted by atomic mass is 35.5. The molecule has 1 unspecified atom stereocenters. The van der Waals surface area contributed by atoms with Crippen molar-refractivity contribution in [3.05, 3.63) is 28.5 Å². The third-order valence-corrected chi connectivity index (χ3v) is 4.73. The first-order valence-corrected chi connectivity index (χ1v) is 8.02. The van der Waals surface area contributed by atoms with Crippen LogP contribution in [0, 0.1) is 16.6 Å². The Kier molecular flexibility index (Phi) is 4.83. The molecule has 22 heavy (non-hydrogen) atoms. The molecule has 1 aromatic rings. The van der Waals surface area contributed by atoms with Crippen LogP contribution in [0.1, 0.15) is 50.4 Å². The van der Waals surface area contributed by atoms with Crippen molar-refractivity contribution in [2.45, 2.75) is 40.0 Å². The van der Waals surface area contributed by atoms with Crippen LogP contribution in [0.2, 0.25) is 5.02 Å². The summed E-state index contributed by atoms with van der Waals surface area (Å²) in [6, 6.07) is 2.69. The van der Waals surface area contributed by atoms with Gasteiger partial charge in [0.1, 0.15) is 5.82 Å². The second-order valence-corrected chi connectivity index (χ2v) is 7.86. The van der Waals surface area contributed by atoms with Gasteiger partial charge in [-0.1, -0.05) is 32.4 Å². The molecule has 0 spiro atoms. The molecule has 0 bridgehead atoms. The van der Waals surface area contributed by atoms with E-state index < -0.39 is 11.2 Å². The molecule has 0 radical (unpaired) electrons. The number of nitrogens with one attached hydrogen (secondary N) is 1. The Morgan fingerprint density at radius 1 is 1.45 bits per heavy atom. The van der Waals surface area contributed by atoms with Gasteiger partial charge in [0, 0.05) is 17.5 Å². The fraction of sp³-hybridized carbons (Fsp3) is 0.588. The lowest BCUT2D eigenvalue weighted by atomic mass is 9.72. The molecule has 0 aromatic heterocycles. The number of hydrogen-bond acceptors (Lipinski definition) is 3. The fourth-order valence-corrected chi connectivity index (χ4v) is 3.11. The minimum atomic E-state index is -0.632. The molecule has 0 aliphatic carbocycles. The zero-order valence-corrected chi connectivity index (χ0v) is 14.2. The van der Waals surface area contributed by atoms with E-state index in [2.05, 4.69) is 26.1 Å². The highest BCUT2D eigenvalue weighted by molar-refractivity contribution is 6.33. The van der Waals surface area contributed by atoms with E-state index in [1.54, 1.807) is 0 Å². The minimum Gasteiger partial charge on any atom is -0.395 e. The molecule has 1 heterocycles. The lowest BCUT2D eigenvalue weighted by Crippen LogP contribution is -2.35. The number of anilines is 1. The molecule has 3 N–H and O–H groups in total. The number of carbonyl (C=O) groups is 1. The number of nitrogens with two attached hydrogens (primary N) is 1. The van der Waals surface area contributed by atoms with Crippen molar-refractivity contribution in [2.75, 3.05) is 18.8 Å². The first-order chi connectivity index (χ1) is 10.1. The van der Waals surface area contributed by atoms with Gasteiger partial charge < -0.3 is 11.1 Å². The number of nitrogen functional groups attached to an aromatic ring is 1. The standard InChI is InChI=1S/C17H24ClFN2O/c1-16(2,3)4-5-17(6-7-21-10-17)15(22)11-8-12(18)14(20)13(19)9-11/h8-9,21H,4-7,10,20H2,1-3H3. The smallest absolute Gasteiger partial charge is 0.170 e. The van der Waals surface area contributed by atoms with Gasteiger partial charge in [0.2, 0.25) is 0 Å². The Morgan fingerprint density at radius 2 is 2.14 bits per heavy atom. The number of carbonyl (C=O) groups excluding carboxylic acids is 1. The highest BCUT2D eigenvalue weighted by Gasteiger charge is 2.42. The van der Waals surface area contributed by atoms with Crippen molar-refractivity contribution < 1.29 is 9.18 Å². The van der Waals surface area contributed by atoms with Crippen LogP contribution in [-0.2, 0) is 0 Å². The van der Waals surface area contributed by atoms with E-state index >= 15 is 0 Å². The summed E-state index contributed by atoms with van der Waals surface area (Å²) in [7, 11) is 0. The maximum atomic E-state index is 13.8. The van der Waals surface area contributed by atoms with Crippen LogP contribution in [0.3, 0.4) is 0 Å². The molecular formula is C17H24ClFN2O. The zero-order valence-electron chi connectivity index (χ0n) is 13.4. The van der Waals surface area contributed by atoms with Crippen molar-refractivity contribution in [3.8, 4) is 0 Å². The van der Waals surface area contributed by atoms with E-state index in [1.165, 1.54) is 12.1 Å². The number of Topliss-reactive ketones (excluding diaryl/α,β-unsaturated/α-hetero) is 1. The number of hydrogen-bond donors (Lipinski definition) is 2. The van der Waals surface area contributed by atoms with Gasteiger partial charge in [-0.2, -0.15) is 0 Å². The van der Waals surface area contributed by atoms with Crippen LogP contribution in [0.5, 0.6) is 0 Å². The molecule has 122 valence electrons. The van der Waals surface area contributed by atoms with Gasteiger partial charge in [0.15, 0.2) is 5.78 Å². The molecule has 1 atom stereocenters. The largest absolute Gasteiger partial charge is 0.395 e. The maximum absolute atomic E-state index is 13.8. The molecule has 3 nitrogen and oxygen atoms in total. The van der Waals surface area contributed by atoms with Gasteiger partial charge in [-0.05, 0) is 43.4 Å². The molecule has 0 saturated carbocycles. The SMILES string of the molecule is CC(C)(C)CCC1(C(=O)c2cc(F)c(N)c(Cl)c2)CCNC1. The summed E-state index contributed by atoms with van der Waals surface area (Å²) in [6.45, 7) is 7.92. The van der Waals surface area contributed by atoms with Gasteiger partial charge >= 0.3 is 0 Å². The number of halogens is 2. The van der Waals surface area contributed by atoms with Crippen LogP contribution in [0.15, 0.2) is 12.1 Å². The Balaban J connectivity index is 2.31. The van der Waals surface area contributed by atoms with Crippen LogP contribution < -0.4 is 11.1 Å². The third-order valence-electron chi connectivity index (χ3n) is 4.42. The van der Waals surface area contributed by atoms with Gasteiger partial charge in [0.05, 0.1) is 10.7 Å². The van der Waals surface area contributed by atoms with Crippen molar-refractivity contribution in [2.24, 2.45) is 10.8 Å². The minimum absolute atomic E-state index is 0.0393. The normalized spacial score (nSPS) is 22.0. The molecule has 0 amide bonds. The number of rotatable bonds is 4. The molecule has 1 aliphatic rings. The Morgan fingerprint density at radius 3 is 2.64 bits per heavy atom. The van der Waals surface area contributed by atoms with Crippen molar-refractivity contribution >= 4 is 23.1 Å². The fourth-order valence-electron chi connectivity index (χ4n) is 2.90. The second kappa shape index (κ2) is 6.17. The predicted molar refractivity (Wildman–Crippen MR) is 88.8 cm³/mol. The molecule has 5 heteroatoms. The first kappa shape index (κ1) is 17.2. The van der Waals surface area contributed by atoms with Crippen molar-refractivity contribution in [1.82, 2.24) is 5.32 Å². The monoisotopic (exact) mass is 326 g/mol. The summed E-state index contributed by atoms with van der Waals surface area (Å²) in [5.41, 5.74) is 5.41. The van der Waals surface area contributed by atoms with E-state index in [-0.39, 0.29) is 21.9 Å². The second-order valence-electron chi connectivity index (χ2n) is 7.45. The van der Waals surface area contributed by atoms with E-state index in [1.807, 2.05) is 0 Å². The summed E-state index contributed by atoms with van der Waals surface area (Å²) in [5.74, 6) is -0.671. The van der Waals surface area contributed by atoms with Crippen molar-refractivity contribution in [3.63, 3.8) is 0 Å². The van der Waals surface area contributed by atoms with E-state index in [4.69, 9.17) is 17.3 Å². The molecular weight excluding hydrogens is 303 g/mol. The van der Waals surface area contributed by atoms with Gasteiger partial charge in [-0.3, -0.25) is 4.79 Å². The summed E-state index contributed by atoms with van der Waals surface area (Å²) >= 11 is 5.93. The molecule has 1 aliphatic heterocycles. The molecule has 1 fully saturated rings. The maximum Gasteiger partial charge on any atom is 0.170 e. The average Bonchev–Trinajstić information content (AvgIpc) is 2.90. The average molecular weight is 327 g/mol.